The molecule has 1 aliphatic carbocycles. The summed E-state index contributed by atoms with van der Waals surface area (Å²) in [5.74, 6) is 1.08. The molecule has 0 aliphatic heterocycles. The minimum atomic E-state index is 0.185. The Balaban J connectivity index is 2.04. The van der Waals surface area contributed by atoms with Crippen LogP contribution in [0, 0.1) is 11.8 Å². The van der Waals surface area contributed by atoms with E-state index >= 15 is 0 Å². The zero-order valence-corrected chi connectivity index (χ0v) is 9.44. The lowest BCUT2D eigenvalue weighted by Crippen LogP contribution is -2.12. The molecule has 0 aromatic carbocycles. The molecule has 0 N–H and O–H groups in total. The summed E-state index contributed by atoms with van der Waals surface area (Å²) in [7, 11) is 0. The van der Waals surface area contributed by atoms with E-state index in [1.807, 2.05) is 17.8 Å². The first-order valence-corrected chi connectivity index (χ1v) is 5.79. The van der Waals surface area contributed by atoms with Crippen LogP contribution in [0.2, 0.25) is 0 Å². The second-order valence-electron chi connectivity index (χ2n) is 4.48. The van der Waals surface area contributed by atoms with Gasteiger partial charge in [0.05, 0.1) is 11.8 Å². The van der Waals surface area contributed by atoms with Crippen molar-refractivity contribution in [3.63, 3.8) is 0 Å². The maximum Gasteiger partial charge on any atom is 0.169 e. The Morgan fingerprint density at radius 2 is 2.40 bits per heavy atom. The largest absolute Gasteiger partial charge is 0.294 e. The second-order valence-corrected chi connectivity index (χ2v) is 4.48. The molecular weight excluding hydrogens is 188 g/mol. The predicted octanol–water partition coefficient (Wildman–Crippen LogP) is 2.52. The van der Waals surface area contributed by atoms with Gasteiger partial charge in [-0.25, -0.2) is 0 Å². The summed E-state index contributed by atoms with van der Waals surface area (Å²) in [6.07, 6.45) is 7.07. The smallest absolute Gasteiger partial charge is 0.169 e. The molecule has 1 saturated carbocycles. The van der Waals surface area contributed by atoms with Crippen molar-refractivity contribution in [2.75, 3.05) is 0 Å². The highest BCUT2D eigenvalue weighted by atomic mass is 16.1. The van der Waals surface area contributed by atoms with Crippen molar-refractivity contribution in [2.24, 2.45) is 11.8 Å². The van der Waals surface area contributed by atoms with Gasteiger partial charge in [0.1, 0.15) is 0 Å². The summed E-state index contributed by atoms with van der Waals surface area (Å²) in [5.41, 5.74) is 0.780. The zero-order chi connectivity index (χ0) is 10.8. The second kappa shape index (κ2) is 4.17. The van der Waals surface area contributed by atoms with E-state index in [0.717, 1.165) is 18.5 Å². The number of carbonyl (C=O) groups excluding carboxylic acids is 1. The van der Waals surface area contributed by atoms with Gasteiger partial charge in [-0.05, 0) is 25.2 Å². The zero-order valence-electron chi connectivity index (χ0n) is 9.44. The minimum Gasteiger partial charge on any atom is -0.294 e. The molecule has 15 heavy (non-hydrogen) atoms. The number of hydrogen-bond donors (Lipinski definition) is 0. The molecule has 3 heteroatoms. The van der Waals surface area contributed by atoms with E-state index in [1.54, 1.807) is 6.20 Å². The Morgan fingerprint density at radius 1 is 1.67 bits per heavy atom. The van der Waals surface area contributed by atoms with Gasteiger partial charge in [0.15, 0.2) is 5.78 Å². The Hall–Kier alpha value is -1.12. The topological polar surface area (TPSA) is 34.9 Å². The third-order valence-corrected chi connectivity index (χ3v) is 3.11. The highest BCUT2D eigenvalue weighted by Crippen LogP contribution is 2.37. The maximum atomic E-state index is 12.0. The molecule has 2 rings (SSSR count). The number of ketones is 1. The molecule has 1 aliphatic rings. The van der Waals surface area contributed by atoms with E-state index < -0.39 is 0 Å². The molecule has 0 spiro atoms. The van der Waals surface area contributed by atoms with Crippen LogP contribution in [-0.2, 0) is 6.54 Å². The first-order chi connectivity index (χ1) is 7.22. The van der Waals surface area contributed by atoms with Gasteiger partial charge in [-0.2, -0.15) is 5.10 Å². The van der Waals surface area contributed by atoms with Crippen LogP contribution < -0.4 is 0 Å². The summed E-state index contributed by atoms with van der Waals surface area (Å²) in [6, 6.07) is 0. The van der Waals surface area contributed by atoms with E-state index in [4.69, 9.17) is 0 Å². The fourth-order valence-electron chi connectivity index (χ4n) is 1.92. The normalized spacial score (nSPS) is 17.7. The highest BCUT2D eigenvalue weighted by Gasteiger charge is 2.33. The van der Waals surface area contributed by atoms with Crippen LogP contribution in [-0.4, -0.2) is 15.6 Å². The number of nitrogens with zero attached hydrogens (tertiary/aromatic N) is 2. The first-order valence-electron chi connectivity index (χ1n) is 5.79. The minimum absolute atomic E-state index is 0.185. The molecule has 0 bridgehead atoms. The average molecular weight is 206 g/mol. The predicted molar refractivity (Wildman–Crippen MR) is 58.7 cm³/mol. The molecule has 1 aromatic rings. The van der Waals surface area contributed by atoms with Gasteiger partial charge in [-0.1, -0.05) is 13.8 Å². The third-order valence-electron chi connectivity index (χ3n) is 3.11. The Morgan fingerprint density at radius 3 is 3.00 bits per heavy atom. The fraction of sp³-hybridized carbons (Fsp3) is 0.667. The molecule has 82 valence electrons. The summed E-state index contributed by atoms with van der Waals surface area (Å²) >= 11 is 0. The van der Waals surface area contributed by atoms with Crippen molar-refractivity contribution in [1.29, 1.82) is 0 Å². The van der Waals surface area contributed by atoms with Gasteiger partial charge < -0.3 is 0 Å². The quantitative estimate of drug-likeness (QED) is 0.694. The van der Waals surface area contributed by atoms with Crippen LogP contribution in [0.5, 0.6) is 0 Å². The molecule has 3 nitrogen and oxygen atoms in total. The van der Waals surface area contributed by atoms with Gasteiger partial charge in [-0.3, -0.25) is 9.48 Å². The molecule has 0 radical (unpaired) electrons. The van der Waals surface area contributed by atoms with Crippen molar-refractivity contribution >= 4 is 5.78 Å². The highest BCUT2D eigenvalue weighted by molar-refractivity contribution is 5.97. The molecule has 1 fully saturated rings. The van der Waals surface area contributed by atoms with E-state index in [2.05, 4.69) is 12.0 Å². The molecule has 0 saturated heterocycles. The lowest BCUT2D eigenvalue weighted by molar-refractivity contribution is 0.0916. The van der Waals surface area contributed by atoms with Crippen LogP contribution in [0.15, 0.2) is 12.4 Å². The van der Waals surface area contributed by atoms with Crippen molar-refractivity contribution in [1.82, 2.24) is 9.78 Å². The summed E-state index contributed by atoms with van der Waals surface area (Å²) < 4.78 is 1.85. The van der Waals surface area contributed by atoms with Gasteiger partial charge in [0.2, 0.25) is 0 Å². The molecule has 1 heterocycles. The van der Waals surface area contributed by atoms with Crippen molar-refractivity contribution in [2.45, 2.75) is 39.7 Å². The van der Waals surface area contributed by atoms with Crippen LogP contribution in [0.3, 0.4) is 0 Å². The Kier molecular flexibility index (Phi) is 2.89. The van der Waals surface area contributed by atoms with E-state index in [9.17, 15) is 4.79 Å². The van der Waals surface area contributed by atoms with Crippen molar-refractivity contribution in [3.8, 4) is 0 Å². The van der Waals surface area contributed by atoms with Gasteiger partial charge in [-0.15, -0.1) is 0 Å². The van der Waals surface area contributed by atoms with E-state index in [0.29, 0.717) is 5.92 Å². The van der Waals surface area contributed by atoms with E-state index in [1.165, 1.54) is 12.8 Å². The SMILES string of the molecule is CCCn1cc(C(=O)C(C)C2CC2)cn1. The average Bonchev–Trinajstić information content (AvgIpc) is 2.98. The molecule has 1 atom stereocenters. The number of rotatable bonds is 5. The number of aryl methyl sites for hydroxylation is 1. The lowest BCUT2D eigenvalue weighted by atomic mass is 9.97. The number of Topliss-reactive ketones (excluding diaryl/α,β-unsaturated/α-hetero) is 1. The van der Waals surface area contributed by atoms with Crippen LogP contribution in [0.4, 0.5) is 0 Å². The molecule has 1 unspecified atom stereocenters. The van der Waals surface area contributed by atoms with E-state index in [-0.39, 0.29) is 11.7 Å². The van der Waals surface area contributed by atoms with Crippen molar-refractivity contribution in [3.05, 3.63) is 18.0 Å². The standard InChI is InChI=1S/C12H18N2O/c1-3-6-14-8-11(7-13-14)12(15)9(2)10-4-5-10/h7-10H,3-6H2,1-2H3. The van der Waals surface area contributed by atoms with Gasteiger partial charge in [0.25, 0.3) is 0 Å². The third kappa shape index (κ3) is 2.28. The van der Waals surface area contributed by atoms with Crippen molar-refractivity contribution < 1.29 is 4.79 Å². The molecule has 0 amide bonds. The van der Waals surface area contributed by atoms with Gasteiger partial charge >= 0.3 is 0 Å². The number of hydrogen-bond acceptors (Lipinski definition) is 2. The summed E-state index contributed by atoms with van der Waals surface area (Å²) in [5, 5.41) is 4.18. The van der Waals surface area contributed by atoms with Crippen LogP contribution >= 0.6 is 0 Å². The molecule has 1 aromatic heterocycles. The summed E-state index contributed by atoms with van der Waals surface area (Å²) in [4.78, 5) is 12.0. The lowest BCUT2D eigenvalue weighted by Gasteiger charge is -2.05. The number of carbonyl (C=O) groups is 1. The van der Waals surface area contributed by atoms with Crippen LogP contribution in [0.25, 0.3) is 0 Å². The monoisotopic (exact) mass is 206 g/mol. The molecular formula is C12H18N2O. The summed E-state index contributed by atoms with van der Waals surface area (Å²) in [6.45, 7) is 5.04. The Bertz CT molecular complexity index is 352. The maximum absolute atomic E-state index is 12.0. The first kappa shape index (κ1) is 10.4. The van der Waals surface area contributed by atoms with Crippen LogP contribution in [0.1, 0.15) is 43.5 Å². The fourth-order valence-corrected chi connectivity index (χ4v) is 1.92. The Labute approximate surface area is 90.5 Å². The number of aromatic nitrogens is 2. The van der Waals surface area contributed by atoms with Gasteiger partial charge in [0, 0.05) is 18.7 Å².